The summed E-state index contributed by atoms with van der Waals surface area (Å²) in [7, 11) is 0. The Kier molecular flexibility index (Phi) is 1.97. The number of benzene rings is 2. The van der Waals surface area contributed by atoms with Crippen molar-refractivity contribution in [2.24, 2.45) is 0 Å². The molecule has 2 aromatic heterocycles. The predicted molar refractivity (Wildman–Crippen MR) is 76.5 cm³/mol. The second-order valence-corrected chi connectivity index (χ2v) is 4.55. The summed E-state index contributed by atoms with van der Waals surface area (Å²) in [6.45, 7) is 0. The Morgan fingerprint density at radius 1 is 0.947 bits per heavy atom. The van der Waals surface area contributed by atoms with Gasteiger partial charge in [-0.1, -0.05) is 36.4 Å². The van der Waals surface area contributed by atoms with E-state index in [-0.39, 0.29) is 0 Å². The zero-order valence-corrected chi connectivity index (χ0v) is 10.1. The molecule has 3 heteroatoms. The molecule has 0 saturated carbocycles. The number of aromatic nitrogens is 2. The van der Waals surface area contributed by atoms with Gasteiger partial charge in [0.2, 0.25) is 0 Å². The predicted octanol–water partition coefficient (Wildman–Crippen LogP) is 3.68. The average molecular weight is 246 g/mol. The van der Waals surface area contributed by atoms with Gasteiger partial charge in [0, 0.05) is 21.7 Å². The number of aromatic amines is 1. The molecule has 2 heterocycles. The van der Waals surface area contributed by atoms with Gasteiger partial charge >= 0.3 is 0 Å². The average Bonchev–Trinajstić information content (AvgIpc) is 2.86. The van der Waals surface area contributed by atoms with Crippen LogP contribution < -0.4 is 0 Å². The van der Waals surface area contributed by atoms with Crippen LogP contribution in [0.1, 0.15) is 10.5 Å². The summed E-state index contributed by atoms with van der Waals surface area (Å²) < 4.78 is 0. The van der Waals surface area contributed by atoms with E-state index in [1.807, 2.05) is 42.5 Å². The third-order valence-electron chi connectivity index (χ3n) is 3.49. The fraction of sp³-hybridized carbons (Fsp3) is 0. The SMILES string of the molecule is O=Cc1nc2ccccc2c2c1[nH]c1ccccc12. The van der Waals surface area contributed by atoms with Crippen molar-refractivity contribution in [3.05, 3.63) is 54.2 Å². The smallest absolute Gasteiger partial charge is 0.170 e. The van der Waals surface area contributed by atoms with E-state index in [1.54, 1.807) is 0 Å². The molecule has 19 heavy (non-hydrogen) atoms. The summed E-state index contributed by atoms with van der Waals surface area (Å²) in [4.78, 5) is 19.0. The standard InChI is InChI=1S/C16H10N2O/c19-9-14-16-15(10-5-1-3-7-12(10)17-14)11-6-2-4-8-13(11)18-16/h1-9,18H. The lowest BCUT2D eigenvalue weighted by atomic mass is 10.1. The minimum atomic E-state index is 0.463. The van der Waals surface area contributed by atoms with Gasteiger partial charge in [0.1, 0.15) is 5.69 Å². The molecular formula is C16H10N2O. The van der Waals surface area contributed by atoms with Gasteiger partial charge < -0.3 is 4.98 Å². The lowest BCUT2D eigenvalue weighted by Crippen LogP contribution is -1.90. The van der Waals surface area contributed by atoms with E-state index < -0.39 is 0 Å². The molecule has 0 amide bonds. The van der Waals surface area contributed by atoms with Crippen molar-refractivity contribution in [1.82, 2.24) is 9.97 Å². The molecule has 2 aromatic carbocycles. The molecule has 0 fully saturated rings. The number of pyridine rings is 1. The second-order valence-electron chi connectivity index (χ2n) is 4.55. The number of nitrogens with one attached hydrogen (secondary N) is 1. The first-order valence-electron chi connectivity index (χ1n) is 6.13. The van der Waals surface area contributed by atoms with Crippen LogP contribution in [-0.4, -0.2) is 16.3 Å². The molecule has 0 spiro atoms. The molecule has 0 unspecified atom stereocenters. The van der Waals surface area contributed by atoms with E-state index in [0.717, 1.165) is 39.0 Å². The summed E-state index contributed by atoms with van der Waals surface area (Å²) in [5, 5.41) is 3.27. The van der Waals surface area contributed by atoms with Crippen molar-refractivity contribution in [2.75, 3.05) is 0 Å². The highest BCUT2D eigenvalue weighted by molar-refractivity contribution is 6.21. The summed E-state index contributed by atoms with van der Waals surface area (Å²) >= 11 is 0. The van der Waals surface area contributed by atoms with Gasteiger partial charge in [0.15, 0.2) is 6.29 Å². The van der Waals surface area contributed by atoms with Gasteiger partial charge in [-0.05, 0) is 12.1 Å². The molecular weight excluding hydrogens is 236 g/mol. The normalized spacial score (nSPS) is 11.4. The van der Waals surface area contributed by atoms with E-state index in [0.29, 0.717) is 5.69 Å². The zero-order chi connectivity index (χ0) is 12.8. The van der Waals surface area contributed by atoms with Crippen LogP contribution in [0.5, 0.6) is 0 Å². The third-order valence-corrected chi connectivity index (χ3v) is 3.49. The van der Waals surface area contributed by atoms with E-state index in [4.69, 9.17) is 0 Å². The molecule has 4 aromatic rings. The number of hydrogen-bond donors (Lipinski definition) is 1. The summed E-state index contributed by atoms with van der Waals surface area (Å²) in [5.41, 5.74) is 3.15. The van der Waals surface area contributed by atoms with E-state index in [9.17, 15) is 4.79 Å². The van der Waals surface area contributed by atoms with Gasteiger partial charge in [-0.15, -0.1) is 0 Å². The van der Waals surface area contributed by atoms with E-state index in [2.05, 4.69) is 16.0 Å². The Morgan fingerprint density at radius 3 is 2.53 bits per heavy atom. The number of carbonyl (C=O) groups is 1. The number of hydrogen-bond acceptors (Lipinski definition) is 2. The van der Waals surface area contributed by atoms with Crippen molar-refractivity contribution < 1.29 is 4.79 Å². The molecule has 0 atom stereocenters. The van der Waals surface area contributed by atoms with Crippen LogP contribution >= 0.6 is 0 Å². The van der Waals surface area contributed by atoms with E-state index >= 15 is 0 Å². The number of H-pyrrole nitrogens is 1. The van der Waals surface area contributed by atoms with Crippen LogP contribution in [0.25, 0.3) is 32.7 Å². The van der Waals surface area contributed by atoms with Crippen molar-refractivity contribution >= 4 is 39.0 Å². The first-order chi connectivity index (χ1) is 9.38. The maximum atomic E-state index is 11.3. The van der Waals surface area contributed by atoms with Gasteiger partial charge in [-0.25, -0.2) is 4.98 Å². The quantitative estimate of drug-likeness (QED) is 0.521. The Bertz CT molecular complexity index is 937. The van der Waals surface area contributed by atoms with Crippen LogP contribution in [0.4, 0.5) is 0 Å². The summed E-state index contributed by atoms with van der Waals surface area (Å²) in [6.07, 6.45) is 0.810. The summed E-state index contributed by atoms with van der Waals surface area (Å²) in [5.74, 6) is 0. The molecule has 90 valence electrons. The third kappa shape index (κ3) is 1.32. The Hall–Kier alpha value is -2.68. The zero-order valence-electron chi connectivity index (χ0n) is 10.1. The van der Waals surface area contributed by atoms with Crippen LogP contribution in [0.2, 0.25) is 0 Å². The van der Waals surface area contributed by atoms with Crippen LogP contribution in [0, 0.1) is 0 Å². The Morgan fingerprint density at radius 2 is 1.68 bits per heavy atom. The number of rotatable bonds is 1. The molecule has 0 aliphatic heterocycles. The minimum absolute atomic E-state index is 0.463. The molecule has 1 N–H and O–H groups in total. The van der Waals surface area contributed by atoms with Crippen LogP contribution in [0.3, 0.4) is 0 Å². The van der Waals surface area contributed by atoms with Gasteiger partial charge in [0.25, 0.3) is 0 Å². The first kappa shape index (κ1) is 10.3. The Labute approximate surface area is 108 Å². The maximum absolute atomic E-state index is 11.3. The van der Waals surface area contributed by atoms with Crippen LogP contribution in [-0.2, 0) is 0 Å². The van der Waals surface area contributed by atoms with Gasteiger partial charge in [-0.3, -0.25) is 4.79 Å². The fourth-order valence-corrected chi connectivity index (χ4v) is 2.67. The molecule has 0 saturated heterocycles. The lowest BCUT2D eigenvalue weighted by Gasteiger charge is -2.01. The topological polar surface area (TPSA) is 45.8 Å². The molecule has 0 bridgehead atoms. The molecule has 0 aliphatic carbocycles. The minimum Gasteiger partial charge on any atom is -0.353 e. The highest BCUT2D eigenvalue weighted by Crippen LogP contribution is 2.32. The van der Waals surface area contributed by atoms with Crippen molar-refractivity contribution in [2.45, 2.75) is 0 Å². The molecule has 3 nitrogen and oxygen atoms in total. The van der Waals surface area contributed by atoms with Crippen LogP contribution in [0.15, 0.2) is 48.5 Å². The second kappa shape index (κ2) is 3.65. The maximum Gasteiger partial charge on any atom is 0.170 e. The number of nitrogens with zero attached hydrogens (tertiary/aromatic N) is 1. The molecule has 4 rings (SSSR count). The van der Waals surface area contributed by atoms with Gasteiger partial charge in [-0.2, -0.15) is 0 Å². The van der Waals surface area contributed by atoms with Crippen molar-refractivity contribution in [1.29, 1.82) is 0 Å². The number of aldehydes is 1. The largest absolute Gasteiger partial charge is 0.353 e. The Balaban J connectivity index is 2.40. The molecule has 0 radical (unpaired) electrons. The van der Waals surface area contributed by atoms with E-state index in [1.165, 1.54) is 0 Å². The summed E-state index contributed by atoms with van der Waals surface area (Å²) in [6, 6.07) is 16.0. The number of carbonyl (C=O) groups excluding carboxylic acids is 1. The monoisotopic (exact) mass is 246 g/mol. The van der Waals surface area contributed by atoms with Gasteiger partial charge in [0.05, 0.1) is 11.0 Å². The molecule has 0 aliphatic rings. The van der Waals surface area contributed by atoms with Crippen molar-refractivity contribution in [3.8, 4) is 0 Å². The number of para-hydroxylation sites is 2. The highest BCUT2D eigenvalue weighted by atomic mass is 16.1. The highest BCUT2D eigenvalue weighted by Gasteiger charge is 2.12. The fourth-order valence-electron chi connectivity index (χ4n) is 2.67. The lowest BCUT2D eigenvalue weighted by molar-refractivity contribution is 0.112. The number of fused-ring (bicyclic) bond motifs is 5. The van der Waals surface area contributed by atoms with Crippen molar-refractivity contribution in [3.63, 3.8) is 0 Å². The first-order valence-corrected chi connectivity index (χ1v) is 6.13.